The molecule has 0 saturated heterocycles. The van der Waals surface area contributed by atoms with Crippen LogP contribution in [0.1, 0.15) is 33.2 Å². The predicted octanol–water partition coefficient (Wildman–Crippen LogP) is 5.11. The highest BCUT2D eigenvalue weighted by atomic mass is 16.5. The van der Waals surface area contributed by atoms with E-state index in [1.165, 1.54) is 7.11 Å². The number of anilines is 2. The topological polar surface area (TPSA) is 76.5 Å². The molecule has 164 valence electrons. The molecular formula is C26H22N4O3. The molecular weight excluding hydrogens is 416 g/mol. The Morgan fingerprint density at radius 3 is 2.12 bits per heavy atom. The van der Waals surface area contributed by atoms with Crippen LogP contribution in [0.3, 0.4) is 0 Å². The summed E-state index contributed by atoms with van der Waals surface area (Å²) in [5.74, 6) is 0.231. The molecule has 0 bridgehead atoms. The molecule has 3 aromatic carbocycles. The number of rotatable bonds is 4. The second kappa shape index (κ2) is 8.27. The van der Waals surface area contributed by atoms with E-state index in [0.29, 0.717) is 11.4 Å². The number of hydrogen-bond acceptors (Lipinski definition) is 4. The van der Waals surface area contributed by atoms with Crippen molar-refractivity contribution in [2.45, 2.75) is 13.0 Å². The third-order valence-electron chi connectivity index (χ3n) is 5.77. The van der Waals surface area contributed by atoms with Crippen molar-refractivity contribution in [1.82, 2.24) is 9.78 Å². The Hall–Kier alpha value is -4.39. The van der Waals surface area contributed by atoms with Crippen molar-refractivity contribution in [2.75, 3.05) is 17.3 Å². The lowest BCUT2D eigenvalue weighted by atomic mass is 9.94. The van der Waals surface area contributed by atoms with Crippen LogP contribution in [0.2, 0.25) is 0 Å². The number of ether oxygens (including phenoxy) is 1. The van der Waals surface area contributed by atoms with Gasteiger partial charge in [0.1, 0.15) is 5.82 Å². The lowest BCUT2D eigenvalue weighted by Gasteiger charge is -2.36. The number of carbonyl (C=O) groups is 2. The van der Waals surface area contributed by atoms with E-state index in [1.807, 2.05) is 79.7 Å². The highest BCUT2D eigenvalue weighted by Crippen LogP contribution is 2.42. The summed E-state index contributed by atoms with van der Waals surface area (Å²) < 4.78 is 6.59. The van der Waals surface area contributed by atoms with E-state index in [0.717, 1.165) is 28.2 Å². The van der Waals surface area contributed by atoms with Crippen molar-refractivity contribution >= 4 is 23.5 Å². The molecule has 2 amide bonds. The Balaban J connectivity index is 1.70. The number of aromatic nitrogens is 2. The van der Waals surface area contributed by atoms with E-state index in [9.17, 15) is 9.59 Å². The van der Waals surface area contributed by atoms with Gasteiger partial charge in [-0.15, -0.1) is 0 Å². The van der Waals surface area contributed by atoms with Crippen LogP contribution in [0, 0.1) is 6.92 Å². The van der Waals surface area contributed by atoms with Crippen LogP contribution < -0.4 is 10.2 Å². The van der Waals surface area contributed by atoms with Crippen LogP contribution in [0.4, 0.5) is 16.3 Å². The highest BCUT2D eigenvalue weighted by Gasteiger charge is 2.39. The lowest BCUT2D eigenvalue weighted by molar-refractivity contribution is 0.0600. The molecule has 0 radical (unpaired) electrons. The third-order valence-corrected chi connectivity index (χ3v) is 5.77. The van der Waals surface area contributed by atoms with E-state index in [2.05, 4.69) is 5.32 Å². The number of nitrogens with one attached hydrogen (secondary N) is 1. The second-order valence-electron chi connectivity index (χ2n) is 7.75. The molecule has 1 aliphatic rings. The van der Waals surface area contributed by atoms with E-state index in [-0.39, 0.29) is 6.03 Å². The Morgan fingerprint density at radius 1 is 0.909 bits per heavy atom. The predicted molar refractivity (Wildman–Crippen MR) is 126 cm³/mol. The molecule has 1 aromatic heterocycles. The highest BCUT2D eigenvalue weighted by molar-refractivity contribution is 6.05. The van der Waals surface area contributed by atoms with Gasteiger partial charge in [0.25, 0.3) is 0 Å². The van der Waals surface area contributed by atoms with E-state index < -0.39 is 12.0 Å². The van der Waals surface area contributed by atoms with E-state index in [4.69, 9.17) is 9.84 Å². The Morgan fingerprint density at radius 2 is 1.52 bits per heavy atom. The molecule has 4 aromatic rings. The molecule has 0 aliphatic carbocycles. The van der Waals surface area contributed by atoms with Crippen molar-refractivity contribution < 1.29 is 14.3 Å². The maximum atomic E-state index is 13.5. The molecule has 0 spiro atoms. The lowest BCUT2D eigenvalue weighted by Crippen LogP contribution is -2.43. The first-order valence-corrected chi connectivity index (χ1v) is 10.6. The molecule has 1 N–H and O–H groups in total. The SMILES string of the molecule is COC(=O)c1ccc([C@H]2c3c(C)nn(-c4ccccc4)c3NC(=O)N2c2ccccc2)cc1. The molecule has 5 rings (SSSR count). The molecule has 7 heteroatoms. The van der Waals surface area contributed by atoms with Crippen LogP contribution >= 0.6 is 0 Å². The minimum atomic E-state index is -0.430. The number of benzene rings is 3. The first-order valence-electron chi connectivity index (χ1n) is 10.6. The van der Waals surface area contributed by atoms with Crippen molar-refractivity contribution in [3.05, 3.63) is 107 Å². The zero-order valence-electron chi connectivity index (χ0n) is 18.2. The number of fused-ring (bicyclic) bond motifs is 1. The largest absolute Gasteiger partial charge is 0.465 e. The van der Waals surface area contributed by atoms with Gasteiger partial charge in [0.2, 0.25) is 0 Å². The van der Waals surface area contributed by atoms with Gasteiger partial charge in [0, 0.05) is 11.3 Å². The number of hydrogen-bond donors (Lipinski definition) is 1. The first kappa shape index (κ1) is 20.5. The first-order chi connectivity index (χ1) is 16.1. The van der Waals surface area contributed by atoms with Crippen molar-refractivity contribution in [2.24, 2.45) is 0 Å². The smallest absolute Gasteiger partial charge is 0.337 e. The monoisotopic (exact) mass is 438 g/mol. The fourth-order valence-corrected chi connectivity index (χ4v) is 4.24. The van der Waals surface area contributed by atoms with Gasteiger partial charge in [0.15, 0.2) is 0 Å². The van der Waals surface area contributed by atoms with Crippen LogP contribution in [-0.4, -0.2) is 28.9 Å². The maximum absolute atomic E-state index is 13.5. The van der Waals surface area contributed by atoms with Gasteiger partial charge in [-0.2, -0.15) is 5.10 Å². The molecule has 0 saturated carbocycles. The number of esters is 1. The minimum absolute atomic E-state index is 0.257. The summed E-state index contributed by atoms with van der Waals surface area (Å²) in [7, 11) is 1.35. The Labute approximate surface area is 191 Å². The van der Waals surface area contributed by atoms with Crippen LogP contribution in [-0.2, 0) is 4.74 Å². The van der Waals surface area contributed by atoms with Gasteiger partial charge >= 0.3 is 12.0 Å². The zero-order chi connectivity index (χ0) is 22.9. The molecule has 1 atom stereocenters. The summed E-state index contributed by atoms with van der Waals surface area (Å²) in [5, 5.41) is 7.81. The summed E-state index contributed by atoms with van der Waals surface area (Å²) in [6, 6.07) is 25.7. The number of methoxy groups -OCH3 is 1. The second-order valence-corrected chi connectivity index (χ2v) is 7.75. The number of amides is 2. The van der Waals surface area contributed by atoms with Crippen molar-refractivity contribution in [1.29, 1.82) is 0 Å². The number of urea groups is 1. The van der Waals surface area contributed by atoms with Gasteiger partial charge in [0.05, 0.1) is 30.1 Å². The van der Waals surface area contributed by atoms with Crippen molar-refractivity contribution in [3.63, 3.8) is 0 Å². The maximum Gasteiger partial charge on any atom is 0.337 e. The molecule has 0 unspecified atom stereocenters. The number of aryl methyl sites for hydroxylation is 1. The fraction of sp³-hybridized carbons (Fsp3) is 0.115. The Kier molecular flexibility index (Phi) is 5.14. The van der Waals surface area contributed by atoms with Gasteiger partial charge in [-0.1, -0.05) is 48.5 Å². The molecule has 0 fully saturated rings. The average Bonchev–Trinajstić information content (AvgIpc) is 3.19. The van der Waals surface area contributed by atoms with E-state index in [1.54, 1.807) is 21.7 Å². The summed E-state index contributed by atoms with van der Waals surface area (Å²) >= 11 is 0. The molecule has 1 aliphatic heterocycles. The van der Waals surface area contributed by atoms with Crippen LogP contribution in [0.25, 0.3) is 5.69 Å². The summed E-state index contributed by atoms with van der Waals surface area (Å²) in [4.78, 5) is 27.1. The Bertz CT molecular complexity index is 1320. The number of nitrogens with zero attached hydrogens (tertiary/aromatic N) is 3. The number of para-hydroxylation sites is 2. The van der Waals surface area contributed by atoms with Gasteiger partial charge in [-0.05, 0) is 48.9 Å². The molecule has 7 nitrogen and oxygen atoms in total. The summed E-state index contributed by atoms with van der Waals surface area (Å²) in [6.45, 7) is 1.94. The van der Waals surface area contributed by atoms with Gasteiger partial charge in [-0.3, -0.25) is 10.2 Å². The average molecular weight is 438 g/mol. The zero-order valence-corrected chi connectivity index (χ0v) is 18.2. The normalized spacial score (nSPS) is 15.0. The third kappa shape index (κ3) is 3.53. The van der Waals surface area contributed by atoms with Crippen molar-refractivity contribution in [3.8, 4) is 5.69 Å². The summed E-state index contributed by atoms with van der Waals surface area (Å²) in [6.07, 6.45) is 0. The minimum Gasteiger partial charge on any atom is -0.465 e. The quantitative estimate of drug-likeness (QED) is 0.449. The van der Waals surface area contributed by atoms with Gasteiger partial charge in [-0.25, -0.2) is 14.3 Å². The standard InChI is InChI=1S/C26H22N4O3/c1-17-22-23(18-13-15-19(16-14-18)25(31)33-2)29(20-9-5-3-6-10-20)26(32)27-24(22)30(28-17)21-11-7-4-8-12-21/h3-16,23H,1-2H3,(H,27,32)/t23-/m0/s1. The molecule has 2 heterocycles. The number of carbonyl (C=O) groups excluding carboxylic acids is 2. The summed E-state index contributed by atoms with van der Waals surface area (Å²) in [5.41, 5.74) is 4.62. The fourth-order valence-electron chi connectivity index (χ4n) is 4.24. The van der Waals surface area contributed by atoms with Gasteiger partial charge < -0.3 is 4.74 Å². The van der Waals surface area contributed by atoms with Crippen LogP contribution in [0.15, 0.2) is 84.9 Å². The molecule has 33 heavy (non-hydrogen) atoms. The van der Waals surface area contributed by atoms with Crippen LogP contribution in [0.5, 0.6) is 0 Å². The van der Waals surface area contributed by atoms with E-state index >= 15 is 0 Å².